The van der Waals surface area contributed by atoms with Crippen molar-refractivity contribution in [2.24, 2.45) is 0 Å². The summed E-state index contributed by atoms with van der Waals surface area (Å²) in [6.07, 6.45) is -3.81. The number of anilines is 1. The number of nitrogens with one attached hydrogen (secondary N) is 1. The fraction of sp³-hybridized carbons (Fsp3) is 0.667. The third-order valence-electron chi connectivity index (χ3n) is 2.30. The van der Waals surface area contributed by atoms with E-state index in [-0.39, 0.29) is 18.3 Å². The van der Waals surface area contributed by atoms with Crippen LogP contribution >= 0.6 is 0 Å². The molecule has 0 unspecified atom stereocenters. The van der Waals surface area contributed by atoms with Crippen molar-refractivity contribution in [2.45, 2.75) is 19.5 Å². The van der Waals surface area contributed by atoms with Gasteiger partial charge in [-0.25, -0.2) is 4.98 Å². The van der Waals surface area contributed by atoms with Gasteiger partial charge >= 0.3 is 6.18 Å². The van der Waals surface area contributed by atoms with Crippen molar-refractivity contribution in [3.63, 3.8) is 0 Å². The van der Waals surface area contributed by atoms with E-state index >= 15 is 0 Å². The summed E-state index contributed by atoms with van der Waals surface area (Å²) in [5.41, 5.74) is 0. The molecular weight excluding hydrogens is 273 g/mol. The Bertz CT molecular complexity index is 424. The summed E-state index contributed by atoms with van der Waals surface area (Å²) in [5.74, 6) is -1.15. The van der Waals surface area contributed by atoms with Gasteiger partial charge in [-0.15, -0.1) is 0 Å². The van der Waals surface area contributed by atoms with E-state index in [1.807, 2.05) is 25.9 Å². The van der Waals surface area contributed by atoms with E-state index in [9.17, 15) is 13.2 Å². The highest BCUT2D eigenvalue weighted by atomic mass is 19.4. The van der Waals surface area contributed by atoms with Gasteiger partial charge in [0.05, 0.1) is 0 Å². The van der Waals surface area contributed by atoms with Crippen LogP contribution in [-0.2, 0) is 6.18 Å². The lowest BCUT2D eigenvalue weighted by molar-refractivity contribution is -0.145. The number of aromatic nitrogens is 2. The highest BCUT2D eigenvalue weighted by molar-refractivity contribution is 5.38. The zero-order chi connectivity index (χ0) is 15.2. The Balaban J connectivity index is 2.86. The number of hydrogen-bond acceptors (Lipinski definition) is 5. The van der Waals surface area contributed by atoms with Crippen LogP contribution in [0.4, 0.5) is 19.0 Å². The first kappa shape index (κ1) is 16.5. The van der Waals surface area contributed by atoms with Crippen molar-refractivity contribution in [3.8, 4) is 5.88 Å². The fourth-order valence-corrected chi connectivity index (χ4v) is 1.30. The van der Waals surface area contributed by atoms with E-state index in [4.69, 9.17) is 4.74 Å². The Morgan fingerprint density at radius 3 is 2.55 bits per heavy atom. The molecule has 1 N–H and O–H groups in total. The Morgan fingerprint density at radius 1 is 1.30 bits per heavy atom. The van der Waals surface area contributed by atoms with Gasteiger partial charge in [0.15, 0.2) is 0 Å². The van der Waals surface area contributed by atoms with Gasteiger partial charge in [0.2, 0.25) is 11.7 Å². The molecule has 0 aliphatic rings. The molecule has 1 aromatic heterocycles. The van der Waals surface area contributed by atoms with Gasteiger partial charge in [0.25, 0.3) is 0 Å². The molecular formula is C12H19F3N4O. The highest BCUT2D eigenvalue weighted by Gasteiger charge is 2.35. The molecule has 20 heavy (non-hydrogen) atoms. The first-order valence-electron chi connectivity index (χ1n) is 6.30. The predicted molar refractivity (Wildman–Crippen MR) is 69.9 cm³/mol. The third kappa shape index (κ3) is 5.60. The number of ether oxygens (including phenoxy) is 1. The second kappa shape index (κ2) is 7.28. The number of hydrogen-bond donors (Lipinski definition) is 1. The van der Waals surface area contributed by atoms with Crippen LogP contribution in [0.5, 0.6) is 5.88 Å². The van der Waals surface area contributed by atoms with Gasteiger partial charge in [-0.2, -0.15) is 18.2 Å². The van der Waals surface area contributed by atoms with Gasteiger partial charge < -0.3 is 15.0 Å². The SMILES string of the molecule is CCCNc1cc(OCCN(C)C)nc(C(F)(F)F)n1. The molecule has 0 atom stereocenters. The summed E-state index contributed by atoms with van der Waals surface area (Å²) >= 11 is 0. The lowest BCUT2D eigenvalue weighted by Gasteiger charge is -2.13. The Morgan fingerprint density at radius 2 is 2.00 bits per heavy atom. The smallest absolute Gasteiger partial charge is 0.451 e. The van der Waals surface area contributed by atoms with Crippen LogP contribution in [0.2, 0.25) is 0 Å². The monoisotopic (exact) mass is 292 g/mol. The molecule has 0 spiro atoms. The van der Waals surface area contributed by atoms with Crippen molar-refractivity contribution in [1.82, 2.24) is 14.9 Å². The normalized spacial score (nSPS) is 11.8. The molecule has 0 radical (unpaired) electrons. The summed E-state index contributed by atoms with van der Waals surface area (Å²) in [6, 6.07) is 1.38. The van der Waals surface area contributed by atoms with Crippen molar-refractivity contribution in [3.05, 3.63) is 11.9 Å². The lowest BCUT2D eigenvalue weighted by Crippen LogP contribution is -2.20. The molecule has 1 aromatic rings. The maximum atomic E-state index is 12.7. The third-order valence-corrected chi connectivity index (χ3v) is 2.30. The maximum absolute atomic E-state index is 12.7. The van der Waals surface area contributed by atoms with E-state index in [1.165, 1.54) is 6.07 Å². The molecule has 0 aromatic carbocycles. The van der Waals surface area contributed by atoms with E-state index < -0.39 is 12.0 Å². The average Bonchev–Trinajstić information content (AvgIpc) is 2.34. The fourth-order valence-electron chi connectivity index (χ4n) is 1.30. The topological polar surface area (TPSA) is 50.3 Å². The summed E-state index contributed by atoms with van der Waals surface area (Å²) in [6.45, 7) is 3.29. The zero-order valence-electron chi connectivity index (χ0n) is 11.8. The van der Waals surface area contributed by atoms with E-state index in [0.717, 1.165) is 6.42 Å². The van der Waals surface area contributed by atoms with E-state index in [2.05, 4.69) is 15.3 Å². The zero-order valence-corrected chi connectivity index (χ0v) is 11.8. The number of nitrogens with zero attached hydrogens (tertiary/aromatic N) is 3. The van der Waals surface area contributed by atoms with Gasteiger partial charge in [-0.05, 0) is 20.5 Å². The second-order valence-corrected chi connectivity index (χ2v) is 4.49. The summed E-state index contributed by atoms with van der Waals surface area (Å²) < 4.78 is 43.4. The second-order valence-electron chi connectivity index (χ2n) is 4.49. The number of likely N-dealkylation sites (N-methyl/N-ethyl adjacent to an activating group) is 1. The maximum Gasteiger partial charge on any atom is 0.451 e. The minimum atomic E-state index is -4.59. The number of rotatable bonds is 7. The summed E-state index contributed by atoms with van der Waals surface area (Å²) in [4.78, 5) is 8.70. The molecule has 0 bridgehead atoms. The van der Waals surface area contributed by atoms with Crippen LogP contribution in [0.25, 0.3) is 0 Å². The van der Waals surface area contributed by atoms with Gasteiger partial charge in [-0.1, -0.05) is 6.92 Å². The Kier molecular flexibility index (Phi) is 6.00. The molecule has 0 saturated carbocycles. The Labute approximate surface area is 116 Å². The quantitative estimate of drug-likeness (QED) is 0.835. The molecule has 5 nitrogen and oxygen atoms in total. The largest absolute Gasteiger partial charge is 0.476 e. The van der Waals surface area contributed by atoms with Gasteiger partial charge in [-0.3, -0.25) is 0 Å². The van der Waals surface area contributed by atoms with Gasteiger partial charge in [0, 0.05) is 19.2 Å². The molecule has 1 heterocycles. The van der Waals surface area contributed by atoms with Crippen LogP contribution < -0.4 is 10.1 Å². The van der Waals surface area contributed by atoms with Crippen LogP contribution in [0.1, 0.15) is 19.2 Å². The minimum Gasteiger partial charge on any atom is -0.476 e. The van der Waals surface area contributed by atoms with E-state index in [1.54, 1.807) is 0 Å². The first-order valence-corrected chi connectivity index (χ1v) is 6.30. The van der Waals surface area contributed by atoms with Crippen molar-refractivity contribution in [1.29, 1.82) is 0 Å². The molecule has 0 saturated heterocycles. The summed E-state index contributed by atoms with van der Waals surface area (Å²) in [5, 5.41) is 2.80. The van der Waals surface area contributed by atoms with Gasteiger partial charge in [0.1, 0.15) is 12.4 Å². The van der Waals surface area contributed by atoms with Crippen molar-refractivity contribution >= 4 is 5.82 Å². The van der Waals surface area contributed by atoms with Crippen LogP contribution in [-0.4, -0.2) is 48.7 Å². The predicted octanol–water partition coefficient (Wildman–Crippen LogP) is 2.26. The molecule has 0 aliphatic heterocycles. The molecule has 0 amide bonds. The highest BCUT2D eigenvalue weighted by Crippen LogP contribution is 2.28. The molecule has 1 rings (SSSR count). The molecule has 8 heteroatoms. The average molecular weight is 292 g/mol. The van der Waals surface area contributed by atoms with Crippen molar-refractivity contribution < 1.29 is 17.9 Å². The van der Waals surface area contributed by atoms with Crippen molar-refractivity contribution in [2.75, 3.05) is 39.1 Å². The number of alkyl halides is 3. The molecule has 114 valence electrons. The number of halogens is 3. The Hall–Kier alpha value is -1.57. The van der Waals surface area contributed by atoms with Crippen LogP contribution in [0, 0.1) is 0 Å². The van der Waals surface area contributed by atoms with Crippen LogP contribution in [0.15, 0.2) is 6.07 Å². The lowest BCUT2D eigenvalue weighted by atomic mass is 10.4. The molecule has 0 fully saturated rings. The van der Waals surface area contributed by atoms with E-state index in [0.29, 0.717) is 13.1 Å². The molecule has 0 aliphatic carbocycles. The summed E-state index contributed by atoms with van der Waals surface area (Å²) in [7, 11) is 3.69. The first-order chi connectivity index (χ1) is 9.32. The van der Waals surface area contributed by atoms with Crippen LogP contribution in [0.3, 0.4) is 0 Å². The standard InChI is InChI=1S/C12H19F3N4O/c1-4-5-16-9-8-10(20-7-6-19(2)3)18-11(17-9)12(13,14)15/h8H,4-7H2,1-3H3,(H,16,17,18). The minimum absolute atomic E-state index is 0.0761.